The molecule has 1 aliphatic rings. The number of carbonyl (C=O) groups excluding carboxylic acids is 1. The van der Waals surface area contributed by atoms with Gasteiger partial charge in [-0.1, -0.05) is 42.5 Å². The van der Waals surface area contributed by atoms with Gasteiger partial charge in [-0.05, 0) is 35.4 Å². The molecule has 2 heterocycles. The summed E-state index contributed by atoms with van der Waals surface area (Å²) in [6.07, 6.45) is 3.75. The molecular formula is C19H14N2O. The molecule has 3 aromatic rings. The maximum absolute atomic E-state index is 12.3. The topological polar surface area (TPSA) is 44.9 Å². The molecule has 0 bridgehead atoms. The number of amides is 1. The molecule has 3 heteroatoms. The molecule has 0 atom stereocenters. The second kappa shape index (κ2) is 5.04. The lowest BCUT2D eigenvalue weighted by Crippen LogP contribution is -2.03. The maximum Gasteiger partial charge on any atom is 0.256 e. The summed E-state index contributed by atoms with van der Waals surface area (Å²) in [5.74, 6) is -0.0621. The van der Waals surface area contributed by atoms with Crippen LogP contribution in [-0.4, -0.2) is 10.9 Å². The molecule has 2 N–H and O–H groups in total. The van der Waals surface area contributed by atoms with Crippen LogP contribution in [-0.2, 0) is 4.79 Å². The summed E-state index contributed by atoms with van der Waals surface area (Å²) in [6, 6.07) is 20.0. The Kier molecular flexibility index (Phi) is 2.90. The number of fused-ring (bicyclic) bond motifs is 1. The highest BCUT2D eigenvalue weighted by Gasteiger charge is 2.27. The summed E-state index contributed by atoms with van der Waals surface area (Å²) in [7, 11) is 0. The standard InChI is InChI=1S/C19H14N2O/c22-19-16(12-14-8-5-11-20-14)18-15(9-4-10-17(18)21-19)13-6-2-1-3-7-13/h1-12,20H,(H,21,22). The average Bonchev–Trinajstić information content (AvgIpc) is 3.17. The minimum absolute atomic E-state index is 0.0621. The number of carbonyl (C=O) groups is 1. The SMILES string of the molecule is O=C1Nc2cccc(-c3ccccc3)c2C1=Cc1ccc[nH]1. The fourth-order valence-corrected chi connectivity index (χ4v) is 2.84. The van der Waals surface area contributed by atoms with Crippen molar-refractivity contribution in [2.75, 3.05) is 5.32 Å². The molecule has 0 saturated carbocycles. The predicted molar refractivity (Wildman–Crippen MR) is 89.2 cm³/mol. The van der Waals surface area contributed by atoms with Gasteiger partial charge in [0.1, 0.15) is 0 Å². The Bertz CT molecular complexity index is 862. The van der Waals surface area contributed by atoms with Gasteiger partial charge < -0.3 is 10.3 Å². The van der Waals surface area contributed by atoms with Crippen LogP contribution in [0.25, 0.3) is 22.8 Å². The minimum Gasteiger partial charge on any atom is -0.362 e. The number of anilines is 1. The first kappa shape index (κ1) is 12.7. The Morgan fingerprint density at radius 2 is 1.73 bits per heavy atom. The highest BCUT2D eigenvalue weighted by atomic mass is 16.2. The van der Waals surface area contributed by atoms with Crippen LogP contribution < -0.4 is 5.32 Å². The molecule has 1 aliphatic heterocycles. The van der Waals surface area contributed by atoms with Crippen LogP contribution in [0, 0.1) is 0 Å². The molecule has 1 aromatic heterocycles. The van der Waals surface area contributed by atoms with Crippen molar-refractivity contribution in [3.63, 3.8) is 0 Å². The lowest BCUT2D eigenvalue weighted by atomic mass is 9.94. The molecule has 2 aromatic carbocycles. The van der Waals surface area contributed by atoms with Crippen LogP contribution in [0.4, 0.5) is 5.69 Å². The van der Waals surface area contributed by atoms with Crippen molar-refractivity contribution in [3.8, 4) is 11.1 Å². The van der Waals surface area contributed by atoms with E-state index in [1.54, 1.807) is 0 Å². The Morgan fingerprint density at radius 1 is 0.864 bits per heavy atom. The summed E-state index contributed by atoms with van der Waals surface area (Å²) < 4.78 is 0. The van der Waals surface area contributed by atoms with Crippen LogP contribution in [0.15, 0.2) is 66.9 Å². The first-order valence-electron chi connectivity index (χ1n) is 7.18. The summed E-state index contributed by atoms with van der Waals surface area (Å²) in [4.78, 5) is 15.5. The van der Waals surface area contributed by atoms with Crippen molar-refractivity contribution >= 4 is 23.2 Å². The molecule has 106 valence electrons. The van der Waals surface area contributed by atoms with Crippen LogP contribution >= 0.6 is 0 Å². The second-order valence-electron chi connectivity index (χ2n) is 5.23. The van der Waals surface area contributed by atoms with Gasteiger partial charge in [0, 0.05) is 23.1 Å². The second-order valence-corrected chi connectivity index (χ2v) is 5.23. The van der Waals surface area contributed by atoms with Gasteiger partial charge in [0.15, 0.2) is 0 Å². The van der Waals surface area contributed by atoms with Gasteiger partial charge in [-0.2, -0.15) is 0 Å². The van der Waals surface area contributed by atoms with Crippen molar-refractivity contribution < 1.29 is 4.79 Å². The van der Waals surface area contributed by atoms with Crippen molar-refractivity contribution in [2.45, 2.75) is 0 Å². The number of benzene rings is 2. The number of H-pyrrole nitrogens is 1. The first-order valence-corrected chi connectivity index (χ1v) is 7.18. The molecule has 0 unspecified atom stereocenters. The summed E-state index contributed by atoms with van der Waals surface area (Å²) in [6.45, 7) is 0. The molecular weight excluding hydrogens is 272 g/mol. The van der Waals surface area contributed by atoms with Crippen LogP contribution in [0.3, 0.4) is 0 Å². The van der Waals surface area contributed by atoms with Crippen molar-refractivity contribution in [2.24, 2.45) is 0 Å². The van der Waals surface area contributed by atoms with E-state index in [4.69, 9.17) is 0 Å². The Labute approximate surface area is 128 Å². The molecule has 0 spiro atoms. The molecule has 0 aliphatic carbocycles. The number of nitrogens with one attached hydrogen (secondary N) is 2. The van der Waals surface area contributed by atoms with Crippen LogP contribution in [0.5, 0.6) is 0 Å². The van der Waals surface area contributed by atoms with E-state index in [1.165, 1.54) is 0 Å². The van der Waals surface area contributed by atoms with Gasteiger partial charge >= 0.3 is 0 Å². The third-order valence-corrected chi connectivity index (χ3v) is 3.83. The van der Waals surface area contributed by atoms with E-state index in [-0.39, 0.29) is 5.91 Å². The number of rotatable bonds is 2. The molecule has 1 amide bonds. The van der Waals surface area contributed by atoms with Crippen LogP contribution in [0.2, 0.25) is 0 Å². The number of hydrogen-bond acceptors (Lipinski definition) is 1. The van der Waals surface area contributed by atoms with E-state index in [0.29, 0.717) is 5.57 Å². The van der Waals surface area contributed by atoms with E-state index < -0.39 is 0 Å². The Hall–Kier alpha value is -3.07. The van der Waals surface area contributed by atoms with Crippen molar-refractivity contribution in [3.05, 3.63) is 78.1 Å². The van der Waals surface area contributed by atoms with Crippen molar-refractivity contribution in [1.82, 2.24) is 4.98 Å². The van der Waals surface area contributed by atoms with Crippen molar-refractivity contribution in [1.29, 1.82) is 0 Å². The smallest absolute Gasteiger partial charge is 0.256 e. The minimum atomic E-state index is -0.0621. The molecule has 22 heavy (non-hydrogen) atoms. The van der Waals surface area contributed by atoms with Gasteiger partial charge in [-0.25, -0.2) is 0 Å². The first-order chi connectivity index (χ1) is 10.8. The normalized spacial score (nSPS) is 14.9. The number of hydrogen-bond donors (Lipinski definition) is 2. The lowest BCUT2D eigenvalue weighted by Gasteiger charge is -2.08. The molecule has 0 fully saturated rings. The zero-order valence-electron chi connectivity index (χ0n) is 11.8. The molecule has 0 saturated heterocycles. The molecule has 3 nitrogen and oxygen atoms in total. The Morgan fingerprint density at radius 3 is 2.50 bits per heavy atom. The zero-order chi connectivity index (χ0) is 14.9. The number of aromatic amines is 1. The monoisotopic (exact) mass is 286 g/mol. The summed E-state index contributed by atoms with van der Waals surface area (Å²) >= 11 is 0. The highest BCUT2D eigenvalue weighted by molar-refractivity contribution is 6.36. The summed E-state index contributed by atoms with van der Waals surface area (Å²) in [5.41, 5.74) is 5.61. The third kappa shape index (κ3) is 2.04. The van der Waals surface area contributed by atoms with E-state index in [1.807, 2.05) is 54.7 Å². The number of aromatic nitrogens is 1. The largest absolute Gasteiger partial charge is 0.362 e. The van der Waals surface area contributed by atoms with E-state index >= 15 is 0 Å². The van der Waals surface area contributed by atoms with Gasteiger partial charge in [0.25, 0.3) is 5.91 Å². The van der Waals surface area contributed by atoms with Gasteiger partial charge in [0.2, 0.25) is 0 Å². The fourth-order valence-electron chi connectivity index (χ4n) is 2.84. The molecule has 4 rings (SSSR count). The molecule has 0 radical (unpaired) electrons. The maximum atomic E-state index is 12.3. The quantitative estimate of drug-likeness (QED) is 0.682. The summed E-state index contributed by atoms with van der Waals surface area (Å²) in [5, 5.41) is 2.95. The Balaban J connectivity index is 1.93. The van der Waals surface area contributed by atoms with Gasteiger partial charge in [0.05, 0.1) is 5.57 Å². The van der Waals surface area contributed by atoms with Gasteiger partial charge in [-0.15, -0.1) is 0 Å². The van der Waals surface area contributed by atoms with E-state index in [9.17, 15) is 4.79 Å². The fraction of sp³-hybridized carbons (Fsp3) is 0. The van der Waals surface area contributed by atoms with E-state index in [0.717, 1.165) is 28.1 Å². The lowest BCUT2D eigenvalue weighted by molar-refractivity contribution is -0.110. The van der Waals surface area contributed by atoms with E-state index in [2.05, 4.69) is 28.5 Å². The van der Waals surface area contributed by atoms with Gasteiger partial charge in [-0.3, -0.25) is 4.79 Å². The average molecular weight is 286 g/mol. The van der Waals surface area contributed by atoms with Crippen LogP contribution in [0.1, 0.15) is 11.3 Å². The third-order valence-electron chi connectivity index (χ3n) is 3.83. The zero-order valence-corrected chi connectivity index (χ0v) is 11.8. The highest BCUT2D eigenvalue weighted by Crippen LogP contribution is 2.40. The predicted octanol–water partition coefficient (Wildman–Crippen LogP) is 4.17.